The van der Waals surface area contributed by atoms with E-state index in [1.54, 1.807) is 0 Å². The average molecular weight is 146 g/mol. The second-order valence-electron chi connectivity index (χ2n) is 3.67. The molecule has 0 rings (SSSR count). The highest BCUT2D eigenvalue weighted by Gasteiger charge is 2.20. The van der Waals surface area contributed by atoms with Gasteiger partial charge < -0.3 is 0 Å². The van der Waals surface area contributed by atoms with Crippen LogP contribution in [0, 0.1) is 0 Å². The van der Waals surface area contributed by atoms with Gasteiger partial charge in [0, 0.05) is 5.54 Å². The van der Waals surface area contributed by atoms with E-state index < -0.39 is 8.96 Å². The molecule has 0 aliphatic carbocycles. The van der Waals surface area contributed by atoms with Crippen LogP contribution < -0.4 is 5.84 Å². The summed E-state index contributed by atoms with van der Waals surface area (Å²) >= 11 is 0. The van der Waals surface area contributed by atoms with Gasteiger partial charge in [0.15, 0.2) is 0 Å². The zero-order valence-corrected chi connectivity index (χ0v) is 8.26. The van der Waals surface area contributed by atoms with Crippen LogP contribution in [-0.2, 0) is 0 Å². The van der Waals surface area contributed by atoms with Crippen LogP contribution in [0.15, 0.2) is 0 Å². The third kappa shape index (κ3) is 2.98. The maximum atomic E-state index is 5.79. The Hall–Kier alpha value is 0.137. The van der Waals surface area contributed by atoms with E-state index in [2.05, 4.69) is 33.9 Å². The number of hydrogen-bond acceptors (Lipinski definition) is 2. The maximum absolute atomic E-state index is 5.79. The molecule has 0 spiro atoms. The molecular formula is C6H18N2Si. The minimum atomic E-state index is -0.779. The van der Waals surface area contributed by atoms with Gasteiger partial charge in [0.05, 0.1) is 0 Å². The molecule has 9 heavy (non-hydrogen) atoms. The highest BCUT2D eigenvalue weighted by molar-refractivity contribution is 6.52. The Kier molecular flexibility index (Phi) is 2.86. The van der Waals surface area contributed by atoms with Gasteiger partial charge >= 0.3 is 0 Å². The van der Waals surface area contributed by atoms with Crippen molar-refractivity contribution in [3.8, 4) is 0 Å². The summed E-state index contributed by atoms with van der Waals surface area (Å²) in [7, 11) is -0.779. The maximum Gasteiger partial charge on any atom is 0.124 e. The van der Waals surface area contributed by atoms with E-state index >= 15 is 0 Å². The minimum Gasteiger partial charge on any atom is -0.275 e. The van der Waals surface area contributed by atoms with Crippen LogP contribution in [-0.4, -0.2) is 19.2 Å². The fraction of sp³-hybridized carbons (Fsp3) is 1.00. The predicted octanol–water partition coefficient (Wildman–Crippen LogP) is 0.944. The zero-order valence-electron chi connectivity index (χ0n) is 7.10. The monoisotopic (exact) mass is 146 g/mol. The lowest BCUT2D eigenvalue weighted by Crippen LogP contribution is -2.52. The molecule has 0 unspecified atom stereocenters. The Morgan fingerprint density at radius 1 is 1.22 bits per heavy atom. The van der Waals surface area contributed by atoms with Crippen molar-refractivity contribution < 1.29 is 0 Å². The molecule has 0 bridgehead atoms. The van der Waals surface area contributed by atoms with Gasteiger partial charge in [0.2, 0.25) is 0 Å². The number of nitrogens with two attached hydrogens (primary N) is 1. The van der Waals surface area contributed by atoms with Crippen LogP contribution in [0.2, 0.25) is 13.1 Å². The minimum absolute atomic E-state index is 0.153. The second-order valence-corrected chi connectivity index (χ2v) is 6.42. The van der Waals surface area contributed by atoms with E-state index in [0.717, 1.165) is 0 Å². The van der Waals surface area contributed by atoms with Crippen LogP contribution in [0.5, 0.6) is 0 Å². The van der Waals surface area contributed by atoms with Crippen molar-refractivity contribution in [2.24, 2.45) is 5.84 Å². The lowest BCUT2D eigenvalue weighted by atomic mass is 10.1. The van der Waals surface area contributed by atoms with Crippen molar-refractivity contribution in [2.45, 2.75) is 39.4 Å². The van der Waals surface area contributed by atoms with Gasteiger partial charge in [0.25, 0.3) is 0 Å². The first kappa shape index (κ1) is 9.14. The van der Waals surface area contributed by atoms with Crippen LogP contribution in [0.1, 0.15) is 20.8 Å². The van der Waals surface area contributed by atoms with Crippen LogP contribution >= 0.6 is 0 Å². The van der Waals surface area contributed by atoms with Gasteiger partial charge in [-0.05, 0) is 20.8 Å². The molecule has 0 aliphatic heterocycles. The largest absolute Gasteiger partial charge is 0.275 e. The van der Waals surface area contributed by atoms with Gasteiger partial charge in [-0.15, -0.1) is 0 Å². The third-order valence-corrected chi connectivity index (χ3v) is 3.22. The van der Waals surface area contributed by atoms with Crippen molar-refractivity contribution in [1.82, 2.24) is 4.67 Å². The van der Waals surface area contributed by atoms with E-state index in [1.807, 2.05) is 4.67 Å². The molecule has 0 aromatic heterocycles. The molecule has 0 heterocycles. The lowest BCUT2D eigenvalue weighted by Gasteiger charge is -2.34. The molecule has 0 radical (unpaired) electrons. The molecule has 0 amide bonds. The van der Waals surface area contributed by atoms with E-state index in [9.17, 15) is 0 Å². The molecule has 0 saturated carbocycles. The van der Waals surface area contributed by atoms with Gasteiger partial charge in [-0.3, -0.25) is 10.5 Å². The van der Waals surface area contributed by atoms with E-state index in [1.165, 1.54) is 0 Å². The normalized spacial score (nSPS) is 13.3. The topological polar surface area (TPSA) is 29.3 Å². The molecule has 0 saturated heterocycles. The molecule has 0 aromatic carbocycles. The quantitative estimate of drug-likeness (QED) is 0.339. The Labute approximate surface area is 59.7 Å². The summed E-state index contributed by atoms with van der Waals surface area (Å²) in [5, 5.41) is 0. The summed E-state index contributed by atoms with van der Waals surface area (Å²) in [6, 6.07) is 0. The molecular weight excluding hydrogens is 128 g/mol. The SMILES string of the molecule is C[SiH](C)N(N)C(C)(C)C. The van der Waals surface area contributed by atoms with Crippen molar-refractivity contribution in [3.05, 3.63) is 0 Å². The standard InChI is InChI=1S/C6H18N2Si/c1-6(2,3)8(7)9(4)5/h9H,7H2,1-5H3. The van der Waals surface area contributed by atoms with Gasteiger partial charge in [-0.2, -0.15) is 0 Å². The smallest absolute Gasteiger partial charge is 0.124 e. The Morgan fingerprint density at radius 3 is 1.56 bits per heavy atom. The summed E-state index contributed by atoms with van der Waals surface area (Å²) in [5.74, 6) is 5.79. The fourth-order valence-electron chi connectivity index (χ4n) is 0.775. The second kappa shape index (κ2) is 2.81. The fourth-order valence-corrected chi connectivity index (χ4v) is 2.32. The highest BCUT2D eigenvalue weighted by Crippen LogP contribution is 2.09. The van der Waals surface area contributed by atoms with Crippen LogP contribution in [0.3, 0.4) is 0 Å². The zero-order chi connectivity index (χ0) is 7.65. The first-order chi connectivity index (χ1) is 3.85. The van der Waals surface area contributed by atoms with E-state index in [-0.39, 0.29) is 5.54 Å². The molecule has 0 aliphatic rings. The summed E-state index contributed by atoms with van der Waals surface area (Å²) in [6.07, 6.45) is 0. The average Bonchev–Trinajstić information content (AvgIpc) is 1.62. The van der Waals surface area contributed by atoms with Crippen molar-refractivity contribution in [3.63, 3.8) is 0 Å². The molecule has 0 atom stereocenters. The van der Waals surface area contributed by atoms with Crippen molar-refractivity contribution >= 4 is 8.96 Å². The summed E-state index contributed by atoms with van der Waals surface area (Å²) in [6.45, 7) is 10.9. The van der Waals surface area contributed by atoms with Gasteiger partial charge in [-0.1, -0.05) is 13.1 Å². The van der Waals surface area contributed by atoms with Gasteiger partial charge in [-0.25, -0.2) is 0 Å². The lowest BCUT2D eigenvalue weighted by molar-refractivity contribution is 0.255. The first-order valence-electron chi connectivity index (χ1n) is 3.39. The molecule has 2 nitrogen and oxygen atoms in total. The van der Waals surface area contributed by atoms with Gasteiger partial charge in [0.1, 0.15) is 8.96 Å². The van der Waals surface area contributed by atoms with E-state index in [0.29, 0.717) is 0 Å². The number of hydrazine groups is 1. The molecule has 3 heteroatoms. The predicted molar refractivity (Wildman–Crippen MR) is 44.7 cm³/mol. The third-order valence-electron chi connectivity index (χ3n) is 1.33. The molecule has 0 fully saturated rings. The summed E-state index contributed by atoms with van der Waals surface area (Å²) in [5.41, 5.74) is 0.153. The number of nitrogens with zero attached hydrogens (tertiary/aromatic N) is 1. The summed E-state index contributed by atoms with van der Waals surface area (Å²) < 4.78 is 1.99. The van der Waals surface area contributed by atoms with Crippen molar-refractivity contribution in [1.29, 1.82) is 0 Å². The van der Waals surface area contributed by atoms with Crippen LogP contribution in [0.25, 0.3) is 0 Å². The molecule has 2 N–H and O–H groups in total. The van der Waals surface area contributed by atoms with E-state index in [4.69, 9.17) is 5.84 Å². The Bertz CT molecular complexity index is 85.5. The molecule has 56 valence electrons. The number of hydrogen-bond donors (Lipinski definition) is 1. The van der Waals surface area contributed by atoms with Crippen LogP contribution in [0.4, 0.5) is 0 Å². The summed E-state index contributed by atoms with van der Waals surface area (Å²) in [4.78, 5) is 0. The Morgan fingerprint density at radius 2 is 1.56 bits per heavy atom. The first-order valence-corrected chi connectivity index (χ1v) is 6.22. The van der Waals surface area contributed by atoms with Crippen molar-refractivity contribution in [2.75, 3.05) is 0 Å². The molecule has 0 aromatic rings. The Balaban J connectivity index is 3.88. The number of rotatable bonds is 1. The highest BCUT2D eigenvalue weighted by atomic mass is 28.3.